The van der Waals surface area contributed by atoms with E-state index in [1.165, 1.54) is 0 Å². The summed E-state index contributed by atoms with van der Waals surface area (Å²) in [4.78, 5) is 11.8. The van der Waals surface area contributed by atoms with E-state index in [9.17, 15) is 4.79 Å². The van der Waals surface area contributed by atoms with Crippen LogP contribution in [0.4, 0.5) is 0 Å². The largest absolute Gasteiger partial charge is 0.464 e. The Kier molecular flexibility index (Phi) is 4.40. The molecule has 1 rings (SSSR count). The van der Waals surface area contributed by atoms with E-state index in [4.69, 9.17) is 4.74 Å². The van der Waals surface area contributed by atoms with Crippen molar-refractivity contribution in [1.29, 1.82) is 0 Å². The molecule has 1 aromatic rings. The molecule has 0 amide bonds. The van der Waals surface area contributed by atoms with E-state index in [2.05, 4.69) is 13.8 Å². The molecule has 2 atom stereocenters. The first-order chi connectivity index (χ1) is 7.20. The summed E-state index contributed by atoms with van der Waals surface area (Å²) in [5, 5.41) is 0. The Balaban J connectivity index is 2.83. The van der Waals surface area contributed by atoms with Crippen LogP contribution in [0.15, 0.2) is 24.5 Å². The lowest BCUT2D eigenvalue weighted by atomic mass is 9.99. The molecule has 0 spiro atoms. The van der Waals surface area contributed by atoms with E-state index in [0.717, 1.165) is 6.42 Å². The van der Waals surface area contributed by atoms with Gasteiger partial charge in [-0.15, -0.1) is 0 Å². The quantitative estimate of drug-likeness (QED) is 0.698. The molecule has 3 heteroatoms. The minimum Gasteiger partial charge on any atom is -0.464 e. The number of esters is 1. The first-order valence-electron chi connectivity index (χ1n) is 5.49. The highest BCUT2D eigenvalue weighted by Gasteiger charge is 2.26. The smallest absolute Gasteiger partial charge is 0.329 e. The van der Waals surface area contributed by atoms with Crippen LogP contribution in [0.3, 0.4) is 0 Å². The second-order valence-electron chi connectivity index (χ2n) is 3.71. The Hall–Kier alpha value is -1.25. The van der Waals surface area contributed by atoms with E-state index in [0.29, 0.717) is 6.61 Å². The molecular formula is C12H19NO2. The van der Waals surface area contributed by atoms with Gasteiger partial charge in [-0.3, -0.25) is 0 Å². The topological polar surface area (TPSA) is 31.2 Å². The van der Waals surface area contributed by atoms with Crippen LogP contribution < -0.4 is 0 Å². The first kappa shape index (κ1) is 11.8. The summed E-state index contributed by atoms with van der Waals surface area (Å²) in [6.07, 6.45) is 4.78. The zero-order chi connectivity index (χ0) is 11.3. The normalized spacial score (nSPS) is 14.6. The van der Waals surface area contributed by atoms with Crippen LogP contribution in [0.5, 0.6) is 0 Å². The van der Waals surface area contributed by atoms with Crippen LogP contribution >= 0.6 is 0 Å². The average molecular weight is 209 g/mol. The summed E-state index contributed by atoms with van der Waals surface area (Å²) in [6, 6.07) is 3.66. The van der Waals surface area contributed by atoms with Crippen LogP contribution in [-0.4, -0.2) is 17.1 Å². The van der Waals surface area contributed by atoms with Gasteiger partial charge in [-0.1, -0.05) is 20.3 Å². The van der Waals surface area contributed by atoms with Gasteiger partial charge in [-0.2, -0.15) is 0 Å². The van der Waals surface area contributed by atoms with E-state index < -0.39 is 0 Å². The molecule has 0 aliphatic rings. The monoisotopic (exact) mass is 209 g/mol. The Bertz CT molecular complexity index is 293. The maximum Gasteiger partial charge on any atom is 0.329 e. The van der Waals surface area contributed by atoms with Gasteiger partial charge in [0.25, 0.3) is 0 Å². The van der Waals surface area contributed by atoms with Gasteiger partial charge in [0.2, 0.25) is 0 Å². The molecular weight excluding hydrogens is 190 g/mol. The maximum absolute atomic E-state index is 11.8. The lowest BCUT2D eigenvalue weighted by Gasteiger charge is -2.22. The fourth-order valence-electron chi connectivity index (χ4n) is 1.63. The molecule has 84 valence electrons. The average Bonchev–Trinajstić information content (AvgIpc) is 2.71. The van der Waals surface area contributed by atoms with Gasteiger partial charge in [0.15, 0.2) is 0 Å². The van der Waals surface area contributed by atoms with Crippen molar-refractivity contribution in [3.63, 3.8) is 0 Å². The minimum absolute atomic E-state index is 0.136. The maximum atomic E-state index is 11.8. The molecule has 3 nitrogen and oxygen atoms in total. The third-order valence-corrected chi connectivity index (χ3v) is 2.66. The van der Waals surface area contributed by atoms with Gasteiger partial charge in [0, 0.05) is 12.4 Å². The van der Waals surface area contributed by atoms with E-state index in [1.54, 1.807) is 0 Å². The van der Waals surface area contributed by atoms with Gasteiger partial charge >= 0.3 is 5.97 Å². The molecule has 0 saturated carbocycles. The molecule has 15 heavy (non-hydrogen) atoms. The molecule has 1 aromatic heterocycles. The number of carbonyl (C=O) groups is 1. The Morgan fingerprint density at radius 3 is 2.40 bits per heavy atom. The van der Waals surface area contributed by atoms with Gasteiger partial charge in [0.1, 0.15) is 6.04 Å². The minimum atomic E-state index is -0.190. The van der Waals surface area contributed by atoms with Crippen molar-refractivity contribution in [2.24, 2.45) is 5.92 Å². The molecule has 0 saturated heterocycles. The molecule has 1 heterocycles. The highest BCUT2D eigenvalue weighted by Crippen LogP contribution is 2.22. The molecule has 0 fully saturated rings. The van der Waals surface area contributed by atoms with Crippen molar-refractivity contribution in [2.75, 3.05) is 6.61 Å². The summed E-state index contributed by atoms with van der Waals surface area (Å²) in [6.45, 7) is 6.43. The van der Waals surface area contributed by atoms with E-state index in [1.807, 2.05) is 36.0 Å². The second-order valence-corrected chi connectivity index (χ2v) is 3.71. The fourth-order valence-corrected chi connectivity index (χ4v) is 1.63. The van der Waals surface area contributed by atoms with Crippen molar-refractivity contribution in [3.8, 4) is 0 Å². The molecule has 0 aliphatic heterocycles. The molecule has 0 aromatic carbocycles. The zero-order valence-electron chi connectivity index (χ0n) is 9.64. The lowest BCUT2D eigenvalue weighted by Crippen LogP contribution is -2.26. The first-order valence-corrected chi connectivity index (χ1v) is 5.49. The highest BCUT2D eigenvalue weighted by atomic mass is 16.5. The summed E-state index contributed by atoms with van der Waals surface area (Å²) in [5.41, 5.74) is 0. The number of nitrogens with zero attached hydrogens (tertiary/aromatic N) is 1. The number of carbonyl (C=O) groups excluding carboxylic acids is 1. The highest BCUT2D eigenvalue weighted by molar-refractivity contribution is 5.74. The van der Waals surface area contributed by atoms with Crippen molar-refractivity contribution in [2.45, 2.75) is 33.2 Å². The SMILES string of the molecule is CCOC(=O)[C@H]([C@H](C)CC)n1cccc1. The molecule has 0 aliphatic carbocycles. The number of rotatable bonds is 5. The summed E-state index contributed by atoms with van der Waals surface area (Å²) in [5.74, 6) is 0.152. The van der Waals surface area contributed by atoms with Crippen LogP contribution in [0.2, 0.25) is 0 Å². The van der Waals surface area contributed by atoms with Crippen molar-refractivity contribution in [1.82, 2.24) is 4.57 Å². The van der Waals surface area contributed by atoms with Crippen molar-refractivity contribution in [3.05, 3.63) is 24.5 Å². The molecule has 0 N–H and O–H groups in total. The van der Waals surface area contributed by atoms with Crippen LogP contribution in [0.1, 0.15) is 33.2 Å². The zero-order valence-corrected chi connectivity index (χ0v) is 9.64. The van der Waals surface area contributed by atoms with Crippen LogP contribution in [-0.2, 0) is 9.53 Å². The van der Waals surface area contributed by atoms with Crippen LogP contribution in [0, 0.1) is 5.92 Å². The third-order valence-electron chi connectivity index (χ3n) is 2.66. The summed E-state index contributed by atoms with van der Waals surface area (Å²) in [7, 11) is 0. The van der Waals surface area contributed by atoms with Gasteiger partial charge in [-0.25, -0.2) is 4.79 Å². The standard InChI is InChI=1S/C12H19NO2/c1-4-10(3)11(12(14)15-5-2)13-8-6-7-9-13/h6-11H,4-5H2,1-3H3/t10-,11+/m1/s1. The third kappa shape index (κ3) is 2.85. The van der Waals surface area contributed by atoms with Crippen LogP contribution in [0.25, 0.3) is 0 Å². The number of ether oxygens (including phenoxy) is 1. The fraction of sp³-hybridized carbons (Fsp3) is 0.583. The van der Waals surface area contributed by atoms with E-state index in [-0.39, 0.29) is 17.9 Å². The lowest BCUT2D eigenvalue weighted by molar-refractivity contribution is -0.148. The molecule has 0 bridgehead atoms. The second kappa shape index (κ2) is 5.59. The van der Waals surface area contributed by atoms with Gasteiger partial charge < -0.3 is 9.30 Å². The summed E-state index contributed by atoms with van der Waals surface area (Å²) < 4.78 is 7.01. The van der Waals surface area contributed by atoms with Crippen molar-refractivity contribution < 1.29 is 9.53 Å². The van der Waals surface area contributed by atoms with E-state index >= 15 is 0 Å². The van der Waals surface area contributed by atoms with Gasteiger partial charge in [0.05, 0.1) is 6.61 Å². The predicted molar refractivity (Wildman–Crippen MR) is 59.6 cm³/mol. The number of hydrogen-bond donors (Lipinski definition) is 0. The van der Waals surface area contributed by atoms with Crippen molar-refractivity contribution >= 4 is 5.97 Å². The number of hydrogen-bond acceptors (Lipinski definition) is 2. The Morgan fingerprint density at radius 2 is 1.93 bits per heavy atom. The Morgan fingerprint density at radius 1 is 1.33 bits per heavy atom. The summed E-state index contributed by atoms with van der Waals surface area (Å²) >= 11 is 0. The van der Waals surface area contributed by atoms with Gasteiger partial charge in [-0.05, 0) is 25.0 Å². The molecule has 0 unspecified atom stereocenters. The number of aromatic nitrogens is 1. The molecule has 0 radical (unpaired) electrons. The Labute approximate surface area is 91.0 Å². The predicted octanol–water partition coefficient (Wildman–Crippen LogP) is 2.64.